The third-order valence-electron chi connectivity index (χ3n) is 3.19. The topological polar surface area (TPSA) is 68.0 Å². The van der Waals surface area contributed by atoms with Gasteiger partial charge in [0.05, 0.1) is 0 Å². The third kappa shape index (κ3) is 3.61. The van der Waals surface area contributed by atoms with E-state index in [4.69, 9.17) is 5.73 Å². The van der Waals surface area contributed by atoms with Crippen LogP contribution >= 0.6 is 11.3 Å². The lowest BCUT2D eigenvalue weighted by atomic mass is 9.96. The Morgan fingerprint density at radius 2 is 1.90 bits per heavy atom. The fourth-order valence-electron chi connectivity index (χ4n) is 1.78. The molecule has 1 heterocycles. The van der Waals surface area contributed by atoms with Gasteiger partial charge in [-0.1, -0.05) is 63.3 Å². The van der Waals surface area contributed by atoms with E-state index in [1.54, 1.807) is 0 Å². The summed E-state index contributed by atoms with van der Waals surface area (Å²) in [7, 11) is 0. The van der Waals surface area contributed by atoms with Crippen LogP contribution < -0.4 is 11.1 Å². The molecule has 0 saturated carbocycles. The Morgan fingerprint density at radius 3 is 2.43 bits per heavy atom. The number of nitrogen functional groups attached to an aromatic ring is 1. The molecule has 1 aromatic heterocycles. The summed E-state index contributed by atoms with van der Waals surface area (Å²) >= 11 is 1.30. The van der Waals surface area contributed by atoms with E-state index in [0.29, 0.717) is 10.1 Å². The van der Waals surface area contributed by atoms with Crippen molar-refractivity contribution < 1.29 is 4.79 Å². The SMILES string of the molecule is CCc1ccc(-c2nc(NC(=O)C(C)(C)C)sc2N)cc1. The molecule has 2 rings (SSSR count). The van der Waals surface area contributed by atoms with E-state index in [-0.39, 0.29) is 5.91 Å². The number of hydrogen-bond donors (Lipinski definition) is 2. The number of nitrogens with zero attached hydrogens (tertiary/aromatic N) is 1. The van der Waals surface area contributed by atoms with E-state index in [1.165, 1.54) is 16.9 Å². The van der Waals surface area contributed by atoms with Crippen molar-refractivity contribution in [3.8, 4) is 11.3 Å². The Hall–Kier alpha value is -1.88. The number of amides is 1. The maximum atomic E-state index is 12.0. The van der Waals surface area contributed by atoms with Gasteiger partial charge in [-0.2, -0.15) is 0 Å². The summed E-state index contributed by atoms with van der Waals surface area (Å²) in [5.41, 5.74) is 8.55. The van der Waals surface area contributed by atoms with Crippen LogP contribution in [0.4, 0.5) is 10.1 Å². The first kappa shape index (κ1) is 15.5. The molecule has 0 saturated heterocycles. The lowest BCUT2D eigenvalue weighted by Crippen LogP contribution is -2.27. The molecule has 2 aromatic rings. The number of aryl methyl sites for hydroxylation is 1. The third-order valence-corrected chi connectivity index (χ3v) is 3.99. The molecular formula is C16H21N3OS. The standard InChI is InChI=1S/C16H21N3OS/c1-5-10-6-8-11(9-7-10)12-13(17)21-15(18-12)19-14(20)16(2,3)4/h6-9H,5,17H2,1-4H3,(H,18,19,20). The molecule has 1 aromatic carbocycles. The van der Waals surface area contributed by atoms with Crippen molar-refractivity contribution in [1.29, 1.82) is 0 Å². The number of thiazole rings is 1. The van der Waals surface area contributed by atoms with Crippen molar-refractivity contribution in [3.63, 3.8) is 0 Å². The van der Waals surface area contributed by atoms with Gasteiger partial charge < -0.3 is 11.1 Å². The molecule has 0 aliphatic heterocycles. The molecular weight excluding hydrogens is 282 g/mol. The average Bonchev–Trinajstić information content (AvgIpc) is 2.78. The van der Waals surface area contributed by atoms with E-state index >= 15 is 0 Å². The molecule has 5 heteroatoms. The van der Waals surface area contributed by atoms with Crippen molar-refractivity contribution in [3.05, 3.63) is 29.8 Å². The summed E-state index contributed by atoms with van der Waals surface area (Å²) in [5, 5.41) is 3.98. The first-order valence-corrected chi connectivity index (χ1v) is 7.80. The molecule has 1 amide bonds. The smallest absolute Gasteiger partial charge is 0.231 e. The fourth-order valence-corrected chi connectivity index (χ4v) is 2.52. The van der Waals surface area contributed by atoms with Crippen molar-refractivity contribution >= 4 is 27.4 Å². The second-order valence-corrected chi connectivity index (χ2v) is 7.02. The minimum atomic E-state index is -0.455. The summed E-state index contributed by atoms with van der Waals surface area (Å²) in [5.74, 6) is -0.0656. The molecule has 0 aliphatic rings. The van der Waals surface area contributed by atoms with Crippen molar-refractivity contribution in [2.45, 2.75) is 34.1 Å². The lowest BCUT2D eigenvalue weighted by Gasteiger charge is -2.15. The van der Waals surface area contributed by atoms with Crippen molar-refractivity contribution in [2.24, 2.45) is 5.41 Å². The van der Waals surface area contributed by atoms with Crippen LogP contribution in [0.5, 0.6) is 0 Å². The van der Waals surface area contributed by atoms with Crippen LogP contribution in [0.3, 0.4) is 0 Å². The average molecular weight is 303 g/mol. The Balaban J connectivity index is 2.24. The number of nitrogens with one attached hydrogen (secondary N) is 1. The number of anilines is 2. The second-order valence-electron chi connectivity index (χ2n) is 5.99. The molecule has 0 spiro atoms. The van der Waals surface area contributed by atoms with E-state index in [9.17, 15) is 4.79 Å². The van der Waals surface area contributed by atoms with Crippen molar-refractivity contribution in [2.75, 3.05) is 11.1 Å². The molecule has 0 atom stereocenters. The maximum absolute atomic E-state index is 12.0. The maximum Gasteiger partial charge on any atom is 0.231 e. The van der Waals surface area contributed by atoms with Crippen LogP contribution in [0.1, 0.15) is 33.3 Å². The second kappa shape index (κ2) is 5.85. The highest BCUT2D eigenvalue weighted by Gasteiger charge is 2.23. The number of carbonyl (C=O) groups is 1. The first-order chi connectivity index (χ1) is 9.81. The predicted octanol–water partition coefficient (Wildman–Crippen LogP) is 3.94. The van der Waals surface area contributed by atoms with Gasteiger partial charge in [-0.3, -0.25) is 4.79 Å². The van der Waals surface area contributed by atoms with Gasteiger partial charge in [-0.15, -0.1) is 0 Å². The summed E-state index contributed by atoms with van der Waals surface area (Å²) in [4.78, 5) is 16.4. The largest absolute Gasteiger partial charge is 0.389 e. The summed E-state index contributed by atoms with van der Waals surface area (Å²) < 4.78 is 0. The monoisotopic (exact) mass is 303 g/mol. The normalized spacial score (nSPS) is 11.4. The van der Waals surface area contributed by atoms with E-state index in [0.717, 1.165) is 17.7 Å². The van der Waals surface area contributed by atoms with Gasteiger partial charge in [-0.05, 0) is 12.0 Å². The van der Waals surface area contributed by atoms with Crippen LogP contribution in [-0.4, -0.2) is 10.9 Å². The molecule has 0 fully saturated rings. The molecule has 0 aliphatic carbocycles. The molecule has 0 unspecified atom stereocenters. The number of hydrogen-bond acceptors (Lipinski definition) is 4. The molecule has 4 nitrogen and oxygen atoms in total. The summed E-state index contributed by atoms with van der Waals surface area (Å²) in [6.45, 7) is 7.71. The van der Waals surface area contributed by atoms with Gasteiger partial charge in [0.1, 0.15) is 10.7 Å². The highest BCUT2D eigenvalue weighted by molar-refractivity contribution is 7.20. The Kier molecular flexibility index (Phi) is 4.32. The fraction of sp³-hybridized carbons (Fsp3) is 0.375. The van der Waals surface area contributed by atoms with Crippen LogP contribution in [-0.2, 0) is 11.2 Å². The van der Waals surface area contributed by atoms with Gasteiger partial charge in [-0.25, -0.2) is 4.98 Å². The van der Waals surface area contributed by atoms with Gasteiger partial charge in [0.25, 0.3) is 0 Å². The van der Waals surface area contributed by atoms with Crippen LogP contribution in [0.2, 0.25) is 0 Å². The highest BCUT2D eigenvalue weighted by Crippen LogP contribution is 2.34. The van der Waals surface area contributed by atoms with Gasteiger partial charge >= 0.3 is 0 Å². The molecule has 0 radical (unpaired) electrons. The number of benzene rings is 1. The number of carbonyl (C=O) groups excluding carboxylic acids is 1. The molecule has 0 bridgehead atoms. The summed E-state index contributed by atoms with van der Waals surface area (Å²) in [6, 6.07) is 8.17. The molecule has 21 heavy (non-hydrogen) atoms. The first-order valence-electron chi connectivity index (χ1n) is 6.98. The summed E-state index contributed by atoms with van der Waals surface area (Å²) in [6.07, 6.45) is 1.000. The Bertz CT molecular complexity index is 639. The minimum Gasteiger partial charge on any atom is -0.389 e. The van der Waals surface area contributed by atoms with Crippen LogP contribution in [0.15, 0.2) is 24.3 Å². The zero-order valence-electron chi connectivity index (χ0n) is 12.9. The zero-order valence-corrected chi connectivity index (χ0v) is 13.7. The Labute approximate surface area is 129 Å². The number of nitrogens with two attached hydrogens (primary N) is 1. The van der Waals surface area contributed by atoms with Crippen molar-refractivity contribution in [1.82, 2.24) is 4.98 Å². The van der Waals surface area contributed by atoms with E-state index in [2.05, 4.69) is 29.4 Å². The highest BCUT2D eigenvalue weighted by atomic mass is 32.1. The predicted molar refractivity (Wildman–Crippen MR) is 89.4 cm³/mol. The van der Waals surface area contributed by atoms with Gasteiger partial charge in [0.15, 0.2) is 5.13 Å². The number of rotatable bonds is 3. The molecule has 3 N–H and O–H groups in total. The van der Waals surface area contributed by atoms with E-state index in [1.807, 2.05) is 32.9 Å². The zero-order chi connectivity index (χ0) is 15.6. The van der Waals surface area contributed by atoms with E-state index < -0.39 is 5.41 Å². The Morgan fingerprint density at radius 1 is 1.29 bits per heavy atom. The quantitative estimate of drug-likeness (QED) is 0.902. The number of aromatic nitrogens is 1. The van der Waals surface area contributed by atoms with Crippen LogP contribution in [0.25, 0.3) is 11.3 Å². The lowest BCUT2D eigenvalue weighted by molar-refractivity contribution is -0.123. The van der Waals surface area contributed by atoms with Crippen LogP contribution in [0, 0.1) is 5.41 Å². The minimum absolute atomic E-state index is 0.0656. The van der Waals surface area contributed by atoms with Gasteiger partial charge in [0, 0.05) is 11.0 Å². The molecule has 112 valence electrons. The van der Waals surface area contributed by atoms with Gasteiger partial charge in [0.2, 0.25) is 5.91 Å².